The van der Waals surface area contributed by atoms with E-state index in [1.807, 2.05) is 13.8 Å². The number of carbonyl (C=O) groups is 4. The molecule has 0 aliphatic carbocycles. The van der Waals surface area contributed by atoms with Crippen molar-refractivity contribution in [2.45, 2.75) is 45.6 Å². The molecular weight excluding hydrogens is 431 g/mol. The fraction of sp³-hybridized carbons (Fsp3) is 0.565. The summed E-state index contributed by atoms with van der Waals surface area (Å²) in [5.41, 5.74) is 0.376. The van der Waals surface area contributed by atoms with Crippen molar-refractivity contribution in [2.75, 3.05) is 26.2 Å². The number of benzene rings is 1. The van der Waals surface area contributed by atoms with Gasteiger partial charge in [0.1, 0.15) is 5.82 Å². The minimum absolute atomic E-state index is 0.0968. The van der Waals surface area contributed by atoms with E-state index in [0.29, 0.717) is 48.9 Å². The van der Waals surface area contributed by atoms with Crippen LogP contribution in [0.25, 0.3) is 0 Å². The largest absolute Gasteiger partial charge is 0.349 e. The summed E-state index contributed by atoms with van der Waals surface area (Å²) in [6.07, 6.45) is 2.63. The summed E-state index contributed by atoms with van der Waals surface area (Å²) < 4.78 is 13.0. The van der Waals surface area contributed by atoms with Crippen LogP contribution < -0.4 is 10.6 Å². The van der Waals surface area contributed by atoms with Gasteiger partial charge in [-0.2, -0.15) is 0 Å². The van der Waals surface area contributed by atoms with Crippen LogP contribution >= 0.6 is 0 Å². The molecule has 33 heavy (non-hydrogen) atoms. The fourth-order valence-electron chi connectivity index (χ4n) is 3.67. The van der Waals surface area contributed by atoms with Crippen molar-refractivity contribution in [3.05, 3.63) is 35.6 Å². The molecule has 10 heteroatoms. The predicted molar refractivity (Wildman–Crippen MR) is 119 cm³/mol. The van der Waals surface area contributed by atoms with Gasteiger partial charge in [-0.25, -0.2) is 9.45 Å². The van der Waals surface area contributed by atoms with Crippen molar-refractivity contribution >= 4 is 24.1 Å². The second kappa shape index (κ2) is 12.9. The molecule has 1 aliphatic heterocycles. The average Bonchev–Trinajstić information content (AvgIpc) is 2.80. The monoisotopic (exact) mass is 464 g/mol. The zero-order chi connectivity index (χ0) is 24.4. The molecule has 1 heterocycles. The van der Waals surface area contributed by atoms with E-state index in [-0.39, 0.29) is 43.3 Å². The first-order valence-corrected chi connectivity index (χ1v) is 11.2. The standard InChI is InChI=1S/C23H33FN4O5/c1-16(2)3-4-18(14-28(33)15-29)22(31)25-13-21(30)27-11-9-20(10-12-27)26-23(32)17-5-7-19(24)8-6-17/h5-8,15-16,18,20,33H,3-4,9-14H2,1-2H3,(H,25,31)(H,26,32)/t18-/m1/s1. The average molecular weight is 465 g/mol. The van der Waals surface area contributed by atoms with Crippen LogP contribution in [-0.2, 0) is 14.4 Å². The molecule has 0 unspecified atom stereocenters. The Morgan fingerprint density at radius 2 is 1.82 bits per heavy atom. The van der Waals surface area contributed by atoms with E-state index in [1.54, 1.807) is 4.90 Å². The number of carbonyl (C=O) groups excluding carboxylic acids is 4. The van der Waals surface area contributed by atoms with Crippen molar-refractivity contribution in [3.8, 4) is 0 Å². The molecular formula is C23H33FN4O5. The van der Waals surface area contributed by atoms with E-state index in [0.717, 1.165) is 6.42 Å². The number of likely N-dealkylation sites (tertiary alicyclic amines) is 1. The lowest BCUT2D eigenvalue weighted by Crippen LogP contribution is -2.49. The molecule has 1 aliphatic rings. The van der Waals surface area contributed by atoms with Crippen LogP contribution in [0, 0.1) is 17.7 Å². The van der Waals surface area contributed by atoms with Gasteiger partial charge in [-0.1, -0.05) is 20.3 Å². The van der Waals surface area contributed by atoms with Crippen molar-refractivity contribution in [3.63, 3.8) is 0 Å². The van der Waals surface area contributed by atoms with Gasteiger partial charge < -0.3 is 15.5 Å². The SMILES string of the molecule is CC(C)CC[C@H](CN(O)C=O)C(=O)NCC(=O)N1CCC(NC(=O)c2ccc(F)cc2)CC1. The molecule has 3 N–H and O–H groups in total. The summed E-state index contributed by atoms with van der Waals surface area (Å²) in [5.74, 6) is -1.56. The van der Waals surface area contributed by atoms with Gasteiger partial charge in [-0.05, 0) is 49.4 Å². The summed E-state index contributed by atoms with van der Waals surface area (Å²) in [5, 5.41) is 15.4. The van der Waals surface area contributed by atoms with Crippen molar-refractivity contribution in [2.24, 2.45) is 11.8 Å². The van der Waals surface area contributed by atoms with Gasteiger partial charge in [0.05, 0.1) is 19.0 Å². The van der Waals surface area contributed by atoms with Gasteiger partial charge in [0, 0.05) is 24.7 Å². The van der Waals surface area contributed by atoms with E-state index in [1.165, 1.54) is 24.3 Å². The lowest BCUT2D eigenvalue weighted by atomic mass is 9.97. The summed E-state index contributed by atoms with van der Waals surface area (Å²) in [4.78, 5) is 49.6. The smallest absolute Gasteiger partial charge is 0.251 e. The van der Waals surface area contributed by atoms with E-state index in [9.17, 15) is 28.8 Å². The van der Waals surface area contributed by atoms with Crippen LogP contribution in [0.5, 0.6) is 0 Å². The highest BCUT2D eigenvalue weighted by molar-refractivity contribution is 5.94. The second-order valence-electron chi connectivity index (χ2n) is 8.75. The van der Waals surface area contributed by atoms with Crippen LogP contribution in [0.2, 0.25) is 0 Å². The first kappa shape index (κ1) is 26.2. The molecule has 2 rings (SSSR count). The highest BCUT2D eigenvalue weighted by Crippen LogP contribution is 2.14. The minimum Gasteiger partial charge on any atom is -0.349 e. The lowest BCUT2D eigenvalue weighted by Gasteiger charge is -2.32. The Kier molecular flexibility index (Phi) is 10.2. The first-order valence-electron chi connectivity index (χ1n) is 11.2. The zero-order valence-electron chi connectivity index (χ0n) is 19.1. The summed E-state index contributed by atoms with van der Waals surface area (Å²) in [6, 6.07) is 5.21. The Morgan fingerprint density at radius 1 is 1.18 bits per heavy atom. The number of nitrogens with one attached hydrogen (secondary N) is 2. The Bertz CT molecular complexity index is 810. The van der Waals surface area contributed by atoms with E-state index < -0.39 is 11.7 Å². The third kappa shape index (κ3) is 8.80. The number of hydroxylamine groups is 2. The number of amides is 4. The topological polar surface area (TPSA) is 119 Å². The van der Waals surface area contributed by atoms with Crippen molar-refractivity contribution in [1.82, 2.24) is 20.6 Å². The molecule has 0 spiro atoms. The van der Waals surface area contributed by atoms with E-state index in [2.05, 4.69) is 10.6 Å². The lowest BCUT2D eigenvalue weighted by molar-refractivity contribution is -0.155. The van der Waals surface area contributed by atoms with E-state index >= 15 is 0 Å². The van der Waals surface area contributed by atoms with Crippen molar-refractivity contribution in [1.29, 1.82) is 0 Å². The van der Waals surface area contributed by atoms with Crippen LogP contribution in [-0.4, -0.2) is 71.5 Å². The Labute approximate surface area is 193 Å². The molecule has 0 radical (unpaired) electrons. The predicted octanol–water partition coefficient (Wildman–Crippen LogP) is 1.56. The van der Waals surface area contributed by atoms with Crippen LogP contribution in [0.4, 0.5) is 4.39 Å². The molecule has 0 aromatic heterocycles. The number of rotatable bonds is 11. The molecule has 4 amide bonds. The van der Waals surface area contributed by atoms with Gasteiger partial charge in [0.2, 0.25) is 18.2 Å². The molecule has 1 atom stereocenters. The third-order valence-corrected chi connectivity index (χ3v) is 5.70. The number of hydrogen-bond donors (Lipinski definition) is 3. The summed E-state index contributed by atoms with van der Waals surface area (Å²) >= 11 is 0. The second-order valence-corrected chi connectivity index (χ2v) is 8.75. The van der Waals surface area contributed by atoms with Gasteiger partial charge in [0.25, 0.3) is 5.91 Å². The maximum atomic E-state index is 13.0. The molecule has 1 aromatic rings. The Morgan fingerprint density at radius 3 is 2.39 bits per heavy atom. The zero-order valence-corrected chi connectivity index (χ0v) is 19.1. The maximum Gasteiger partial charge on any atom is 0.251 e. The van der Waals surface area contributed by atoms with Gasteiger partial charge in [0.15, 0.2) is 0 Å². The highest BCUT2D eigenvalue weighted by Gasteiger charge is 2.26. The normalized spacial score (nSPS) is 15.1. The third-order valence-electron chi connectivity index (χ3n) is 5.70. The molecule has 0 bridgehead atoms. The number of hydrogen-bond acceptors (Lipinski definition) is 5. The Hall–Kier alpha value is -3.01. The van der Waals surface area contributed by atoms with Crippen LogP contribution in [0.1, 0.15) is 49.9 Å². The summed E-state index contributed by atoms with van der Waals surface area (Å²) in [6.45, 7) is 4.61. The fourth-order valence-corrected chi connectivity index (χ4v) is 3.67. The summed E-state index contributed by atoms with van der Waals surface area (Å²) in [7, 11) is 0. The van der Waals surface area contributed by atoms with Gasteiger partial charge >= 0.3 is 0 Å². The highest BCUT2D eigenvalue weighted by atomic mass is 19.1. The van der Waals surface area contributed by atoms with Gasteiger partial charge in [-0.15, -0.1) is 0 Å². The minimum atomic E-state index is -0.609. The van der Waals surface area contributed by atoms with E-state index in [4.69, 9.17) is 0 Å². The number of piperidine rings is 1. The molecule has 1 aromatic carbocycles. The molecule has 0 saturated carbocycles. The quantitative estimate of drug-likeness (QED) is 0.261. The molecule has 9 nitrogen and oxygen atoms in total. The molecule has 1 fully saturated rings. The number of nitrogens with zero attached hydrogens (tertiary/aromatic N) is 2. The van der Waals surface area contributed by atoms with Crippen molar-refractivity contribution < 1.29 is 28.8 Å². The molecule has 182 valence electrons. The number of halogens is 1. The maximum absolute atomic E-state index is 13.0. The first-order chi connectivity index (χ1) is 15.7. The molecule has 1 saturated heterocycles. The van der Waals surface area contributed by atoms with Crippen LogP contribution in [0.3, 0.4) is 0 Å². The Balaban J connectivity index is 1.77. The van der Waals surface area contributed by atoms with Crippen LogP contribution in [0.15, 0.2) is 24.3 Å². The van der Waals surface area contributed by atoms with Gasteiger partial charge in [-0.3, -0.25) is 24.4 Å².